The molecule has 30 heavy (non-hydrogen) atoms. The summed E-state index contributed by atoms with van der Waals surface area (Å²) < 4.78 is 11.6. The SMILES string of the molecule is COc1ccc(C(=O)N/N=C\c2ccc(OCc3ccc(Cl)cc3)c(Br)c2)c(O)c1. The molecule has 0 aliphatic rings. The number of hydrazone groups is 1. The van der Waals surface area contributed by atoms with Gasteiger partial charge in [0.1, 0.15) is 23.9 Å². The summed E-state index contributed by atoms with van der Waals surface area (Å²) in [7, 11) is 1.48. The zero-order valence-electron chi connectivity index (χ0n) is 15.9. The number of hydrogen-bond acceptors (Lipinski definition) is 5. The van der Waals surface area contributed by atoms with Gasteiger partial charge in [-0.2, -0.15) is 5.10 Å². The number of phenolic OH excluding ortho intramolecular Hbond substituents is 1. The molecule has 0 spiro atoms. The Kier molecular flexibility index (Phi) is 7.32. The summed E-state index contributed by atoms with van der Waals surface area (Å²) in [6.45, 7) is 0.407. The van der Waals surface area contributed by atoms with Crippen LogP contribution in [0.1, 0.15) is 21.5 Å². The Balaban J connectivity index is 1.58. The van der Waals surface area contributed by atoms with Gasteiger partial charge in [-0.05, 0) is 69.5 Å². The molecule has 0 atom stereocenters. The molecule has 0 bridgehead atoms. The number of carbonyl (C=O) groups is 1. The van der Waals surface area contributed by atoms with Crippen LogP contribution in [0.2, 0.25) is 5.02 Å². The van der Waals surface area contributed by atoms with Gasteiger partial charge in [0, 0.05) is 11.1 Å². The predicted molar refractivity (Wildman–Crippen MR) is 120 cm³/mol. The second kappa shape index (κ2) is 10.1. The summed E-state index contributed by atoms with van der Waals surface area (Å²) in [6.07, 6.45) is 1.49. The molecule has 0 saturated heterocycles. The van der Waals surface area contributed by atoms with Crippen LogP contribution in [0.5, 0.6) is 17.2 Å². The van der Waals surface area contributed by atoms with E-state index >= 15 is 0 Å². The normalized spacial score (nSPS) is 10.8. The molecular formula is C22H18BrClN2O4. The van der Waals surface area contributed by atoms with Gasteiger partial charge >= 0.3 is 0 Å². The van der Waals surface area contributed by atoms with Crippen molar-refractivity contribution in [3.63, 3.8) is 0 Å². The van der Waals surface area contributed by atoms with Gasteiger partial charge in [-0.15, -0.1) is 0 Å². The number of carbonyl (C=O) groups excluding carboxylic acids is 1. The smallest absolute Gasteiger partial charge is 0.275 e. The van der Waals surface area contributed by atoms with Gasteiger partial charge in [-0.25, -0.2) is 5.43 Å². The number of nitrogens with zero attached hydrogens (tertiary/aromatic N) is 1. The molecule has 0 aliphatic carbocycles. The van der Waals surface area contributed by atoms with Crippen LogP contribution in [0.3, 0.4) is 0 Å². The number of amides is 1. The highest BCUT2D eigenvalue weighted by Crippen LogP contribution is 2.27. The Morgan fingerprint density at radius 1 is 1.17 bits per heavy atom. The fourth-order valence-corrected chi connectivity index (χ4v) is 3.15. The Bertz CT molecular complexity index is 1070. The molecule has 3 aromatic rings. The number of hydrogen-bond donors (Lipinski definition) is 2. The molecule has 0 saturated carbocycles. The molecule has 6 nitrogen and oxygen atoms in total. The third-order valence-electron chi connectivity index (χ3n) is 4.09. The Morgan fingerprint density at radius 2 is 1.93 bits per heavy atom. The highest BCUT2D eigenvalue weighted by molar-refractivity contribution is 9.10. The van der Waals surface area contributed by atoms with Crippen molar-refractivity contribution < 1.29 is 19.4 Å². The van der Waals surface area contributed by atoms with Crippen LogP contribution in [0.15, 0.2) is 70.2 Å². The number of nitrogens with one attached hydrogen (secondary N) is 1. The zero-order chi connectivity index (χ0) is 21.5. The van der Waals surface area contributed by atoms with Crippen molar-refractivity contribution in [2.24, 2.45) is 5.10 Å². The third-order valence-corrected chi connectivity index (χ3v) is 4.96. The van der Waals surface area contributed by atoms with Crippen molar-refractivity contribution in [3.8, 4) is 17.2 Å². The molecule has 1 amide bonds. The number of rotatable bonds is 7. The number of aromatic hydroxyl groups is 1. The molecule has 3 rings (SSSR count). The first-order valence-corrected chi connectivity index (χ1v) is 10.0. The van der Waals surface area contributed by atoms with Crippen LogP contribution >= 0.6 is 27.5 Å². The second-order valence-electron chi connectivity index (χ2n) is 6.19. The van der Waals surface area contributed by atoms with Crippen molar-refractivity contribution >= 4 is 39.7 Å². The van der Waals surface area contributed by atoms with E-state index < -0.39 is 5.91 Å². The fraction of sp³-hybridized carbons (Fsp3) is 0.0909. The summed E-state index contributed by atoms with van der Waals surface area (Å²) in [5, 5.41) is 14.5. The van der Waals surface area contributed by atoms with Crippen LogP contribution in [-0.2, 0) is 6.61 Å². The van der Waals surface area contributed by atoms with Crippen molar-refractivity contribution in [2.45, 2.75) is 6.61 Å². The van der Waals surface area contributed by atoms with E-state index in [4.69, 9.17) is 21.1 Å². The summed E-state index contributed by atoms with van der Waals surface area (Å²) in [4.78, 5) is 12.2. The number of halogens is 2. The summed E-state index contributed by atoms with van der Waals surface area (Å²) in [5.74, 6) is 0.408. The van der Waals surface area contributed by atoms with Crippen LogP contribution in [0.4, 0.5) is 0 Å². The number of benzene rings is 3. The highest BCUT2D eigenvalue weighted by Gasteiger charge is 2.11. The minimum absolute atomic E-state index is 0.0973. The van der Waals surface area contributed by atoms with Crippen molar-refractivity contribution in [3.05, 3.63) is 86.8 Å². The first kappa shape index (κ1) is 21.7. The molecule has 0 aliphatic heterocycles. The van der Waals surface area contributed by atoms with Gasteiger partial charge in [0.2, 0.25) is 0 Å². The fourth-order valence-electron chi connectivity index (χ4n) is 2.51. The van der Waals surface area contributed by atoms with Crippen molar-refractivity contribution in [1.82, 2.24) is 5.43 Å². The van der Waals surface area contributed by atoms with Crippen LogP contribution < -0.4 is 14.9 Å². The van der Waals surface area contributed by atoms with Gasteiger partial charge in [0.05, 0.1) is 23.4 Å². The third kappa shape index (κ3) is 5.75. The summed E-state index contributed by atoms with van der Waals surface area (Å²) >= 11 is 9.36. The van der Waals surface area contributed by atoms with E-state index in [1.165, 1.54) is 25.5 Å². The molecule has 0 heterocycles. The lowest BCUT2D eigenvalue weighted by Gasteiger charge is -2.09. The lowest BCUT2D eigenvalue weighted by Crippen LogP contribution is -2.17. The summed E-state index contributed by atoms with van der Waals surface area (Å²) in [6, 6.07) is 17.3. The van der Waals surface area contributed by atoms with Crippen LogP contribution in [0, 0.1) is 0 Å². The monoisotopic (exact) mass is 488 g/mol. The molecule has 0 unspecified atom stereocenters. The van der Waals surface area contributed by atoms with E-state index in [2.05, 4.69) is 26.5 Å². The maximum absolute atomic E-state index is 12.2. The first-order valence-electron chi connectivity index (χ1n) is 8.83. The molecule has 0 radical (unpaired) electrons. The summed E-state index contributed by atoms with van der Waals surface area (Å²) in [5.41, 5.74) is 4.23. The standard InChI is InChI=1S/C22H18BrClN2O4/c1-29-17-7-8-18(20(27)11-17)22(28)26-25-12-15-4-9-21(19(23)10-15)30-13-14-2-5-16(24)6-3-14/h2-12,27H,13H2,1H3,(H,26,28)/b25-12-. The predicted octanol–water partition coefficient (Wildman–Crippen LogP) is 5.16. The van der Waals surface area contributed by atoms with Gasteiger partial charge < -0.3 is 14.6 Å². The minimum atomic E-state index is -0.534. The molecule has 2 N–H and O–H groups in total. The van der Waals surface area contributed by atoms with E-state index in [0.29, 0.717) is 23.1 Å². The lowest BCUT2D eigenvalue weighted by atomic mass is 10.2. The topological polar surface area (TPSA) is 80.2 Å². The van der Waals surface area contributed by atoms with E-state index in [1.54, 1.807) is 12.1 Å². The van der Waals surface area contributed by atoms with Gasteiger partial charge in [-0.1, -0.05) is 23.7 Å². The second-order valence-corrected chi connectivity index (χ2v) is 7.48. The Morgan fingerprint density at radius 3 is 2.60 bits per heavy atom. The number of phenols is 1. The zero-order valence-corrected chi connectivity index (χ0v) is 18.3. The van der Waals surface area contributed by atoms with E-state index in [-0.39, 0.29) is 11.3 Å². The first-order chi connectivity index (χ1) is 14.5. The van der Waals surface area contributed by atoms with Crippen LogP contribution in [0.25, 0.3) is 0 Å². The number of methoxy groups -OCH3 is 1. The van der Waals surface area contributed by atoms with E-state index in [0.717, 1.165) is 15.6 Å². The molecule has 154 valence electrons. The quantitative estimate of drug-likeness (QED) is 0.355. The average molecular weight is 490 g/mol. The van der Waals surface area contributed by atoms with Crippen molar-refractivity contribution in [1.29, 1.82) is 0 Å². The largest absolute Gasteiger partial charge is 0.507 e. The van der Waals surface area contributed by atoms with E-state index in [9.17, 15) is 9.90 Å². The molecule has 8 heteroatoms. The number of ether oxygens (including phenoxy) is 2. The minimum Gasteiger partial charge on any atom is -0.507 e. The van der Waals surface area contributed by atoms with Gasteiger partial charge in [-0.3, -0.25) is 4.79 Å². The van der Waals surface area contributed by atoms with Gasteiger partial charge in [0.25, 0.3) is 5.91 Å². The molecular weight excluding hydrogens is 472 g/mol. The lowest BCUT2D eigenvalue weighted by molar-refractivity contribution is 0.0952. The maximum Gasteiger partial charge on any atom is 0.275 e. The average Bonchev–Trinajstić information content (AvgIpc) is 2.74. The molecule has 0 fully saturated rings. The highest BCUT2D eigenvalue weighted by atomic mass is 79.9. The molecule has 3 aromatic carbocycles. The Hall–Kier alpha value is -3.03. The van der Waals surface area contributed by atoms with E-state index in [1.807, 2.05) is 36.4 Å². The van der Waals surface area contributed by atoms with Crippen molar-refractivity contribution in [2.75, 3.05) is 7.11 Å². The van der Waals surface area contributed by atoms with Gasteiger partial charge in [0.15, 0.2) is 0 Å². The maximum atomic E-state index is 12.2. The molecule has 0 aromatic heterocycles. The Labute approximate surface area is 187 Å². The van der Waals surface area contributed by atoms with Crippen LogP contribution in [-0.4, -0.2) is 24.3 Å².